The summed E-state index contributed by atoms with van der Waals surface area (Å²) in [5, 5.41) is 9.02. The van der Waals surface area contributed by atoms with E-state index < -0.39 is 5.97 Å². The van der Waals surface area contributed by atoms with E-state index in [1.54, 1.807) is 0 Å². The molecule has 116 valence electrons. The molecule has 1 aliphatic heterocycles. The number of aliphatic carboxylic acids is 1. The van der Waals surface area contributed by atoms with Crippen molar-refractivity contribution in [2.45, 2.75) is 50.0 Å². The second kappa shape index (κ2) is 4.83. The van der Waals surface area contributed by atoms with Crippen LogP contribution in [-0.4, -0.2) is 34.5 Å². The minimum atomic E-state index is -0.804. The average Bonchev–Trinajstić information content (AvgIpc) is 2.84. The molecule has 1 amide bonds. The fraction of sp³-hybridized carbons (Fsp3) is 0.556. The first-order valence-electron chi connectivity index (χ1n) is 8.22. The van der Waals surface area contributed by atoms with Gasteiger partial charge in [0.05, 0.1) is 6.42 Å². The van der Waals surface area contributed by atoms with Crippen molar-refractivity contribution < 1.29 is 14.7 Å². The van der Waals surface area contributed by atoms with Gasteiger partial charge in [0.25, 0.3) is 0 Å². The normalized spacial score (nSPS) is 32.3. The van der Waals surface area contributed by atoms with Gasteiger partial charge in [0.1, 0.15) is 0 Å². The lowest BCUT2D eigenvalue weighted by Gasteiger charge is -2.25. The van der Waals surface area contributed by atoms with Crippen LogP contribution in [0.4, 0.5) is 0 Å². The molecule has 4 heteroatoms. The van der Waals surface area contributed by atoms with Crippen molar-refractivity contribution >= 4 is 11.9 Å². The van der Waals surface area contributed by atoms with Gasteiger partial charge in [0.2, 0.25) is 5.91 Å². The van der Waals surface area contributed by atoms with Crippen LogP contribution in [0.25, 0.3) is 0 Å². The highest BCUT2D eigenvalue weighted by Crippen LogP contribution is 2.62. The lowest BCUT2D eigenvalue weighted by atomic mass is 9.95. The maximum atomic E-state index is 12.9. The Bertz CT molecular complexity index is 641. The number of benzene rings is 1. The van der Waals surface area contributed by atoms with E-state index in [1.807, 2.05) is 4.90 Å². The summed E-state index contributed by atoms with van der Waals surface area (Å²) in [7, 11) is 0. The van der Waals surface area contributed by atoms with E-state index in [1.165, 1.54) is 11.1 Å². The molecule has 4 rings (SSSR count). The number of likely N-dealkylation sites (tertiary alicyclic amines) is 1. The Morgan fingerprint density at radius 1 is 1.32 bits per heavy atom. The van der Waals surface area contributed by atoms with Gasteiger partial charge in [-0.3, -0.25) is 9.59 Å². The third kappa shape index (κ3) is 1.97. The van der Waals surface area contributed by atoms with E-state index >= 15 is 0 Å². The van der Waals surface area contributed by atoms with Crippen LogP contribution in [0.1, 0.15) is 43.2 Å². The molecule has 22 heavy (non-hydrogen) atoms. The van der Waals surface area contributed by atoms with Gasteiger partial charge in [-0.15, -0.1) is 0 Å². The van der Waals surface area contributed by atoms with Crippen LogP contribution in [0.3, 0.4) is 0 Å². The monoisotopic (exact) mass is 299 g/mol. The van der Waals surface area contributed by atoms with Gasteiger partial charge >= 0.3 is 5.97 Å². The molecular formula is C18H21NO3. The lowest BCUT2D eigenvalue weighted by molar-refractivity contribution is -0.140. The van der Waals surface area contributed by atoms with E-state index in [0.29, 0.717) is 0 Å². The Labute approximate surface area is 130 Å². The Morgan fingerprint density at radius 3 is 2.95 bits per heavy atom. The number of carbonyl (C=O) groups is 2. The fourth-order valence-corrected chi connectivity index (χ4v) is 4.66. The number of nitrogens with zero attached hydrogens (tertiary/aromatic N) is 1. The van der Waals surface area contributed by atoms with Gasteiger partial charge < -0.3 is 10.0 Å². The minimum absolute atomic E-state index is 0.0596. The molecule has 3 aliphatic rings. The molecule has 0 aromatic heterocycles. The van der Waals surface area contributed by atoms with Crippen molar-refractivity contribution in [3.8, 4) is 0 Å². The molecule has 1 saturated heterocycles. The van der Waals surface area contributed by atoms with E-state index in [9.17, 15) is 9.59 Å². The lowest BCUT2D eigenvalue weighted by Crippen LogP contribution is -2.39. The standard InChI is InChI=1S/C18H21NO3/c20-16(21)10-13-5-3-9-19(13)17(22)15-11-18(15)8-7-12-4-1-2-6-14(12)18/h1-2,4,6,13,15H,3,5,7-11H2,(H,20,21). The number of hydrogen-bond acceptors (Lipinski definition) is 2. The van der Waals surface area contributed by atoms with Gasteiger partial charge in [-0.25, -0.2) is 0 Å². The van der Waals surface area contributed by atoms with Gasteiger partial charge in [0.15, 0.2) is 0 Å². The van der Waals surface area contributed by atoms with Crippen LogP contribution in [0.15, 0.2) is 24.3 Å². The largest absolute Gasteiger partial charge is 0.481 e. The van der Waals surface area contributed by atoms with E-state index in [4.69, 9.17) is 5.11 Å². The number of carboxylic acid groups (broad SMARTS) is 1. The quantitative estimate of drug-likeness (QED) is 0.932. The highest BCUT2D eigenvalue weighted by molar-refractivity contribution is 5.86. The van der Waals surface area contributed by atoms with E-state index in [0.717, 1.165) is 38.6 Å². The Kier molecular flexibility index (Phi) is 3.03. The molecule has 1 N–H and O–H groups in total. The molecular weight excluding hydrogens is 278 g/mol. The average molecular weight is 299 g/mol. The van der Waals surface area contributed by atoms with Crippen LogP contribution in [-0.2, 0) is 21.4 Å². The Hall–Kier alpha value is -1.84. The van der Waals surface area contributed by atoms with Crippen LogP contribution >= 0.6 is 0 Å². The third-order valence-corrected chi connectivity index (χ3v) is 5.84. The molecule has 3 atom stereocenters. The van der Waals surface area contributed by atoms with Gasteiger partial charge in [-0.1, -0.05) is 24.3 Å². The third-order valence-electron chi connectivity index (χ3n) is 5.84. The summed E-state index contributed by atoms with van der Waals surface area (Å²) in [5.74, 6) is -0.535. The molecule has 2 fully saturated rings. The zero-order valence-electron chi connectivity index (χ0n) is 12.6. The van der Waals surface area contributed by atoms with Crippen molar-refractivity contribution in [1.29, 1.82) is 0 Å². The summed E-state index contributed by atoms with van der Waals surface area (Å²) in [4.78, 5) is 25.7. The first-order chi connectivity index (χ1) is 10.6. The van der Waals surface area contributed by atoms with Crippen molar-refractivity contribution in [3.05, 3.63) is 35.4 Å². The van der Waals surface area contributed by atoms with Crippen molar-refractivity contribution in [3.63, 3.8) is 0 Å². The van der Waals surface area contributed by atoms with Gasteiger partial charge in [-0.2, -0.15) is 0 Å². The molecule has 1 saturated carbocycles. The summed E-state index contributed by atoms with van der Waals surface area (Å²) in [6, 6.07) is 8.38. The summed E-state index contributed by atoms with van der Waals surface area (Å²) >= 11 is 0. The number of hydrogen-bond donors (Lipinski definition) is 1. The first-order valence-corrected chi connectivity index (χ1v) is 8.22. The van der Waals surface area contributed by atoms with Gasteiger partial charge in [-0.05, 0) is 43.2 Å². The van der Waals surface area contributed by atoms with Gasteiger partial charge in [0, 0.05) is 23.9 Å². The van der Waals surface area contributed by atoms with E-state index in [2.05, 4.69) is 24.3 Å². The predicted octanol–water partition coefficient (Wildman–Crippen LogP) is 2.36. The fourth-order valence-electron chi connectivity index (χ4n) is 4.66. The highest BCUT2D eigenvalue weighted by Gasteiger charge is 2.62. The number of aryl methyl sites for hydroxylation is 1. The second-order valence-electron chi connectivity index (χ2n) is 7.00. The zero-order chi connectivity index (χ0) is 15.3. The van der Waals surface area contributed by atoms with Crippen molar-refractivity contribution in [1.82, 2.24) is 4.90 Å². The summed E-state index contributed by atoms with van der Waals surface area (Å²) in [6.07, 6.45) is 4.92. The molecule has 4 nitrogen and oxygen atoms in total. The number of carboxylic acids is 1. The smallest absolute Gasteiger partial charge is 0.305 e. The van der Waals surface area contributed by atoms with Crippen molar-refractivity contribution in [2.24, 2.45) is 5.92 Å². The first kappa shape index (κ1) is 13.8. The Morgan fingerprint density at radius 2 is 2.14 bits per heavy atom. The molecule has 0 radical (unpaired) electrons. The zero-order valence-corrected chi connectivity index (χ0v) is 12.6. The molecule has 1 aromatic rings. The number of fused-ring (bicyclic) bond motifs is 2. The molecule has 3 unspecified atom stereocenters. The van der Waals surface area contributed by atoms with Crippen LogP contribution in [0, 0.1) is 5.92 Å². The SMILES string of the molecule is O=C(O)CC1CCCN1C(=O)C1CC12CCc1ccccc12. The topological polar surface area (TPSA) is 57.6 Å². The van der Waals surface area contributed by atoms with Crippen LogP contribution < -0.4 is 0 Å². The second-order valence-corrected chi connectivity index (χ2v) is 7.00. The molecule has 1 spiro atoms. The van der Waals surface area contributed by atoms with Crippen LogP contribution in [0.5, 0.6) is 0 Å². The van der Waals surface area contributed by atoms with Crippen molar-refractivity contribution in [2.75, 3.05) is 6.54 Å². The van der Waals surface area contributed by atoms with Crippen LogP contribution in [0.2, 0.25) is 0 Å². The van der Waals surface area contributed by atoms with E-state index in [-0.39, 0.29) is 29.7 Å². The molecule has 1 heterocycles. The maximum absolute atomic E-state index is 12.9. The number of carbonyl (C=O) groups excluding carboxylic acids is 1. The summed E-state index contributed by atoms with van der Waals surface area (Å²) < 4.78 is 0. The maximum Gasteiger partial charge on any atom is 0.305 e. The number of rotatable bonds is 3. The molecule has 2 aliphatic carbocycles. The summed E-state index contributed by atoms with van der Waals surface area (Å²) in [6.45, 7) is 0.727. The molecule has 1 aromatic carbocycles. The summed E-state index contributed by atoms with van der Waals surface area (Å²) in [5.41, 5.74) is 2.81. The Balaban J connectivity index is 1.53. The molecule has 0 bridgehead atoms. The minimum Gasteiger partial charge on any atom is -0.481 e. The number of amides is 1. The highest BCUT2D eigenvalue weighted by atomic mass is 16.4. The predicted molar refractivity (Wildman–Crippen MR) is 81.5 cm³/mol.